The van der Waals surface area contributed by atoms with Crippen molar-refractivity contribution in [3.63, 3.8) is 0 Å². The van der Waals surface area contributed by atoms with E-state index in [9.17, 15) is 0 Å². The molecule has 0 N–H and O–H groups in total. The van der Waals surface area contributed by atoms with Gasteiger partial charge in [0.15, 0.2) is 0 Å². The van der Waals surface area contributed by atoms with Crippen LogP contribution in [0.2, 0.25) is 0 Å². The van der Waals surface area contributed by atoms with Gasteiger partial charge >= 0.3 is 0 Å². The summed E-state index contributed by atoms with van der Waals surface area (Å²) in [5.41, 5.74) is 3.69. The fourth-order valence-electron chi connectivity index (χ4n) is 0.292. The summed E-state index contributed by atoms with van der Waals surface area (Å²) in [5.74, 6) is 0. The van der Waals surface area contributed by atoms with Gasteiger partial charge < -0.3 is 0 Å². The van der Waals surface area contributed by atoms with Gasteiger partial charge in [-0.05, 0) is 0 Å². The van der Waals surface area contributed by atoms with Crippen LogP contribution in [0, 0.1) is 0 Å². The van der Waals surface area contributed by atoms with Crippen molar-refractivity contribution in [2.75, 3.05) is 6.54 Å². The number of halogens is 1. The number of alkyl halides is 1. The fraction of sp³-hybridized carbons (Fsp3) is 0.667. The molecule has 1 aliphatic rings. The molecule has 1 radical (unpaired) electrons. The van der Waals surface area contributed by atoms with Crippen LogP contribution < -0.4 is 5.43 Å². The van der Waals surface area contributed by atoms with Gasteiger partial charge in [-0.1, -0.05) is 15.9 Å². The van der Waals surface area contributed by atoms with Gasteiger partial charge in [-0.2, -0.15) is 10.5 Å². The Morgan fingerprint density at radius 2 is 2.67 bits per heavy atom. The molecule has 6 heavy (non-hydrogen) atoms. The molecule has 0 spiro atoms. The summed E-state index contributed by atoms with van der Waals surface area (Å²) in [5, 5.41) is 3.62. The second-order valence-corrected chi connectivity index (χ2v) is 2.28. The van der Waals surface area contributed by atoms with E-state index in [1.54, 1.807) is 6.21 Å². The molecular weight excluding hydrogens is 144 g/mol. The number of rotatable bonds is 0. The summed E-state index contributed by atoms with van der Waals surface area (Å²) in [6, 6.07) is 0. The van der Waals surface area contributed by atoms with Gasteiger partial charge in [0.2, 0.25) is 0 Å². The molecule has 0 aromatic heterocycles. The van der Waals surface area contributed by atoms with Gasteiger partial charge in [0.05, 0.1) is 11.4 Å². The second-order valence-electron chi connectivity index (χ2n) is 1.10. The van der Waals surface area contributed by atoms with Gasteiger partial charge in [-0.3, -0.25) is 0 Å². The molecule has 0 saturated heterocycles. The first kappa shape index (κ1) is 4.12. The lowest BCUT2D eigenvalue weighted by atomic mass is 10.5. The van der Waals surface area contributed by atoms with Crippen LogP contribution >= 0.6 is 15.9 Å². The molecule has 0 aromatic rings. The maximum atomic E-state index is 3.69. The van der Waals surface area contributed by atoms with E-state index < -0.39 is 0 Å². The molecule has 0 aliphatic carbocycles. The average Bonchev–Trinajstić information content (AvgIpc) is 1.86. The van der Waals surface area contributed by atoms with Crippen LogP contribution in [0.4, 0.5) is 0 Å². The largest absolute Gasteiger partial charge is 0.188 e. The van der Waals surface area contributed by atoms with Crippen molar-refractivity contribution >= 4 is 22.1 Å². The van der Waals surface area contributed by atoms with Crippen LogP contribution in [0.1, 0.15) is 0 Å². The van der Waals surface area contributed by atoms with Crippen molar-refractivity contribution in [2.45, 2.75) is 4.83 Å². The Bertz CT molecular complexity index is 71.2. The lowest BCUT2D eigenvalue weighted by Crippen LogP contribution is -2.02. The Morgan fingerprint density at radius 1 is 1.83 bits per heavy atom. The van der Waals surface area contributed by atoms with Crippen molar-refractivity contribution in [1.29, 1.82) is 0 Å². The maximum absolute atomic E-state index is 3.69. The van der Waals surface area contributed by atoms with Crippen LogP contribution in [0.5, 0.6) is 0 Å². The summed E-state index contributed by atoms with van der Waals surface area (Å²) < 4.78 is 0. The van der Waals surface area contributed by atoms with Gasteiger partial charge in [-0.15, -0.1) is 0 Å². The third kappa shape index (κ3) is 0.712. The van der Waals surface area contributed by atoms with E-state index in [0.29, 0.717) is 4.83 Å². The lowest BCUT2D eigenvalue weighted by Gasteiger charge is -1.83. The van der Waals surface area contributed by atoms with E-state index in [1.165, 1.54) is 0 Å². The molecule has 1 atom stereocenters. The highest BCUT2D eigenvalue weighted by atomic mass is 79.9. The zero-order chi connectivity index (χ0) is 4.41. The summed E-state index contributed by atoms with van der Waals surface area (Å²) in [7, 11) is 0. The highest BCUT2D eigenvalue weighted by molar-refractivity contribution is 9.10. The van der Waals surface area contributed by atoms with Crippen molar-refractivity contribution in [3.8, 4) is 0 Å². The Kier molecular flexibility index (Phi) is 1.10. The minimum absolute atomic E-state index is 0.400. The van der Waals surface area contributed by atoms with Crippen LogP contribution in [0.15, 0.2) is 5.10 Å². The summed E-state index contributed by atoms with van der Waals surface area (Å²) in [4.78, 5) is 0.400. The van der Waals surface area contributed by atoms with Crippen LogP contribution in [-0.2, 0) is 0 Å². The first-order chi connectivity index (χ1) is 2.89. The fourth-order valence-corrected chi connectivity index (χ4v) is 0.527. The SMILES string of the molecule is BrC1C=N[N]C1. The van der Waals surface area contributed by atoms with Gasteiger partial charge in [0.25, 0.3) is 0 Å². The van der Waals surface area contributed by atoms with E-state index in [-0.39, 0.29) is 0 Å². The Morgan fingerprint density at radius 3 is 2.83 bits per heavy atom. The summed E-state index contributed by atoms with van der Waals surface area (Å²) in [6.45, 7) is 0.806. The van der Waals surface area contributed by atoms with Gasteiger partial charge in [0.1, 0.15) is 0 Å². The van der Waals surface area contributed by atoms with E-state index in [4.69, 9.17) is 0 Å². The third-order valence-electron chi connectivity index (χ3n) is 0.566. The van der Waals surface area contributed by atoms with Crippen LogP contribution in [0.25, 0.3) is 0 Å². The normalized spacial score (nSPS) is 30.5. The van der Waals surface area contributed by atoms with E-state index in [2.05, 4.69) is 26.5 Å². The quantitative estimate of drug-likeness (QED) is 0.443. The molecule has 1 rings (SSSR count). The average molecular weight is 148 g/mol. The van der Waals surface area contributed by atoms with Crippen molar-refractivity contribution in [3.05, 3.63) is 0 Å². The Hall–Kier alpha value is -0.0500. The number of hydrogen-bond acceptors (Lipinski definition) is 1. The van der Waals surface area contributed by atoms with Crippen molar-refractivity contribution < 1.29 is 0 Å². The minimum Gasteiger partial charge on any atom is -0.188 e. The highest BCUT2D eigenvalue weighted by Gasteiger charge is 2.03. The van der Waals surface area contributed by atoms with Crippen LogP contribution in [-0.4, -0.2) is 17.6 Å². The first-order valence-corrected chi connectivity index (χ1v) is 2.65. The Labute approximate surface area is 44.7 Å². The molecule has 0 aromatic carbocycles. The maximum Gasteiger partial charge on any atom is 0.0779 e. The first-order valence-electron chi connectivity index (χ1n) is 1.73. The molecule has 1 unspecified atom stereocenters. The topological polar surface area (TPSA) is 26.5 Å². The molecule has 3 heteroatoms. The second kappa shape index (κ2) is 1.60. The van der Waals surface area contributed by atoms with Crippen molar-refractivity contribution in [2.24, 2.45) is 5.10 Å². The number of hydrogen-bond donors (Lipinski definition) is 0. The standard InChI is InChI=1S/C3H4BrN2/c4-3-1-5-6-2-3/h1,3H,2H2. The molecule has 1 aliphatic heterocycles. The highest BCUT2D eigenvalue weighted by Crippen LogP contribution is 1.97. The zero-order valence-corrected chi connectivity index (χ0v) is 4.72. The summed E-state index contributed by atoms with van der Waals surface area (Å²) in [6.07, 6.45) is 1.78. The molecular formula is C3H4BrN2. The van der Waals surface area contributed by atoms with Crippen molar-refractivity contribution in [1.82, 2.24) is 5.43 Å². The molecule has 0 bridgehead atoms. The van der Waals surface area contributed by atoms with Gasteiger partial charge in [-0.25, -0.2) is 0 Å². The minimum atomic E-state index is 0.400. The molecule has 2 nitrogen and oxygen atoms in total. The monoisotopic (exact) mass is 147 g/mol. The van der Waals surface area contributed by atoms with E-state index in [1.807, 2.05) is 0 Å². The lowest BCUT2D eigenvalue weighted by molar-refractivity contribution is 0.803. The predicted molar refractivity (Wildman–Crippen MR) is 28.2 cm³/mol. The van der Waals surface area contributed by atoms with E-state index >= 15 is 0 Å². The number of nitrogens with zero attached hydrogens (tertiary/aromatic N) is 2. The molecule has 1 heterocycles. The van der Waals surface area contributed by atoms with Gasteiger partial charge in [0, 0.05) is 6.21 Å². The molecule has 0 fully saturated rings. The zero-order valence-electron chi connectivity index (χ0n) is 3.13. The van der Waals surface area contributed by atoms with Crippen LogP contribution in [0.3, 0.4) is 0 Å². The third-order valence-corrected chi connectivity index (χ3v) is 1.09. The Balaban J connectivity index is 2.38. The molecule has 33 valence electrons. The molecule has 0 saturated carbocycles. The van der Waals surface area contributed by atoms with E-state index in [0.717, 1.165) is 6.54 Å². The summed E-state index contributed by atoms with van der Waals surface area (Å²) >= 11 is 3.30. The molecule has 0 amide bonds. The smallest absolute Gasteiger partial charge is 0.0779 e. The predicted octanol–water partition coefficient (Wildman–Crippen LogP) is 0.354.